The number of amides is 1. The van der Waals surface area contributed by atoms with Crippen LogP contribution in [0.5, 0.6) is 0 Å². The molecule has 1 amide bonds. The van der Waals surface area contributed by atoms with Gasteiger partial charge < -0.3 is 9.64 Å². The minimum atomic E-state index is -0.219. The topological polar surface area (TPSA) is 42.4 Å². The second kappa shape index (κ2) is 4.73. The second-order valence-corrected chi connectivity index (χ2v) is 4.79. The molecule has 0 spiro atoms. The summed E-state index contributed by atoms with van der Waals surface area (Å²) in [4.78, 5) is 17.6. The molecule has 4 heteroatoms. The molecule has 1 aliphatic heterocycles. The van der Waals surface area contributed by atoms with Crippen LogP contribution in [0.25, 0.3) is 0 Å². The molecular weight excluding hydrogens is 216 g/mol. The molecule has 0 bridgehead atoms. The predicted octanol–water partition coefficient (Wildman–Crippen LogP) is 2.33. The van der Waals surface area contributed by atoms with E-state index in [0.717, 1.165) is 11.3 Å². The highest BCUT2D eigenvalue weighted by Gasteiger charge is 2.33. The van der Waals surface area contributed by atoms with Crippen molar-refractivity contribution in [3.05, 3.63) is 29.6 Å². The molecule has 1 aliphatic rings. The lowest BCUT2D eigenvalue weighted by atomic mass is 9.96. The van der Waals surface area contributed by atoms with E-state index < -0.39 is 0 Å². The Balaban J connectivity index is 1.86. The van der Waals surface area contributed by atoms with Crippen LogP contribution in [0.4, 0.5) is 4.79 Å². The predicted molar refractivity (Wildman–Crippen MR) is 64.9 cm³/mol. The van der Waals surface area contributed by atoms with Crippen molar-refractivity contribution in [2.45, 2.75) is 32.8 Å². The van der Waals surface area contributed by atoms with Gasteiger partial charge in [-0.05, 0) is 32.4 Å². The van der Waals surface area contributed by atoms with Gasteiger partial charge in [-0.15, -0.1) is 0 Å². The highest BCUT2D eigenvalue weighted by Crippen LogP contribution is 2.26. The number of aromatic nitrogens is 1. The van der Waals surface area contributed by atoms with E-state index in [1.54, 1.807) is 4.90 Å². The molecule has 1 saturated heterocycles. The van der Waals surface area contributed by atoms with E-state index in [1.165, 1.54) is 0 Å². The normalized spacial score (nSPS) is 15.9. The lowest BCUT2D eigenvalue weighted by Crippen LogP contribution is -2.49. The van der Waals surface area contributed by atoms with Gasteiger partial charge in [0.1, 0.15) is 0 Å². The minimum absolute atomic E-state index is 0.0564. The van der Waals surface area contributed by atoms with Crippen LogP contribution in [0.1, 0.15) is 31.0 Å². The molecule has 0 saturated carbocycles. The van der Waals surface area contributed by atoms with Crippen molar-refractivity contribution in [1.82, 2.24) is 9.88 Å². The zero-order chi connectivity index (χ0) is 12.4. The summed E-state index contributed by atoms with van der Waals surface area (Å²) in [7, 11) is 0. The summed E-state index contributed by atoms with van der Waals surface area (Å²) in [6, 6.07) is 4.09. The number of pyridine rings is 1. The van der Waals surface area contributed by atoms with E-state index in [2.05, 4.69) is 11.1 Å². The molecule has 1 fully saturated rings. The van der Waals surface area contributed by atoms with Crippen molar-refractivity contribution in [2.75, 3.05) is 13.1 Å². The quantitative estimate of drug-likeness (QED) is 0.788. The maximum atomic E-state index is 11.6. The average molecular weight is 234 g/mol. The molecule has 4 nitrogen and oxygen atoms in total. The second-order valence-electron chi connectivity index (χ2n) is 4.79. The Morgan fingerprint density at radius 1 is 1.47 bits per heavy atom. The Kier molecular flexibility index (Phi) is 3.31. The van der Waals surface area contributed by atoms with Crippen molar-refractivity contribution < 1.29 is 9.53 Å². The Morgan fingerprint density at radius 2 is 2.18 bits per heavy atom. The zero-order valence-electron chi connectivity index (χ0n) is 10.5. The largest absolute Gasteiger partial charge is 0.447 e. The van der Waals surface area contributed by atoms with Gasteiger partial charge in [-0.2, -0.15) is 0 Å². The molecule has 0 unspecified atom stereocenters. The number of hydrogen-bond donors (Lipinski definition) is 0. The maximum Gasteiger partial charge on any atom is 0.410 e. The first kappa shape index (κ1) is 11.9. The molecule has 0 aromatic carbocycles. The third-order valence-electron chi connectivity index (χ3n) is 2.83. The van der Waals surface area contributed by atoms with Crippen LogP contribution in [0.3, 0.4) is 0 Å². The fourth-order valence-electron chi connectivity index (χ4n) is 1.81. The van der Waals surface area contributed by atoms with Crippen molar-refractivity contribution >= 4 is 6.09 Å². The van der Waals surface area contributed by atoms with Gasteiger partial charge in [0.2, 0.25) is 0 Å². The lowest BCUT2D eigenvalue weighted by Gasteiger charge is -2.38. The summed E-state index contributed by atoms with van der Waals surface area (Å²) in [5.74, 6) is 0.357. The summed E-state index contributed by atoms with van der Waals surface area (Å²) in [6.45, 7) is 7.15. The number of rotatable bonds is 2. The summed E-state index contributed by atoms with van der Waals surface area (Å²) >= 11 is 0. The van der Waals surface area contributed by atoms with Crippen LogP contribution in [0.15, 0.2) is 18.3 Å². The molecular formula is C13H18N2O2. The molecule has 2 heterocycles. The number of aryl methyl sites for hydroxylation is 1. The summed E-state index contributed by atoms with van der Waals surface area (Å²) in [5.41, 5.74) is 2.22. The first-order valence-corrected chi connectivity index (χ1v) is 5.94. The van der Waals surface area contributed by atoms with Gasteiger partial charge in [0, 0.05) is 30.9 Å². The number of likely N-dealkylation sites (tertiary alicyclic amines) is 1. The highest BCUT2D eigenvalue weighted by molar-refractivity contribution is 5.69. The number of nitrogens with zero attached hydrogens (tertiary/aromatic N) is 2. The SMILES string of the molecule is Cc1ccc(C2CN(C(=O)OC(C)C)C2)nc1. The molecule has 0 N–H and O–H groups in total. The first-order chi connectivity index (χ1) is 8.06. The Morgan fingerprint density at radius 3 is 2.71 bits per heavy atom. The van der Waals surface area contributed by atoms with Crippen molar-refractivity contribution in [1.29, 1.82) is 0 Å². The van der Waals surface area contributed by atoms with E-state index in [9.17, 15) is 4.79 Å². The monoisotopic (exact) mass is 234 g/mol. The number of carbonyl (C=O) groups is 1. The minimum Gasteiger partial charge on any atom is -0.447 e. The van der Waals surface area contributed by atoms with Crippen LogP contribution >= 0.6 is 0 Å². The van der Waals surface area contributed by atoms with Gasteiger partial charge in [0.05, 0.1) is 6.10 Å². The Bertz CT molecular complexity index is 394. The van der Waals surface area contributed by atoms with Gasteiger partial charge in [-0.25, -0.2) is 4.79 Å². The van der Waals surface area contributed by atoms with E-state index in [-0.39, 0.29) is 12.2 Å². The third-order valence-corrected chi connectivity index (χ3v) is 2.83. The van der Waals surface area contributed by atoms with Crippen molar-refractivity contribution in [3.8, 4) is 0 Å². The Labute approximate surface area is 102 Å². The van der Waals surface area contributed by atoms with Gasteiger partial charge in [-0.1, -0.05) is 6.07 Å². The summed E-state index contributed by atoms with van der Waals surface area (Å²) in [6.07, 6.45) is 1.59. The van der Waals surface area contributed by atoms with Crippen LogP contribution in [-0.2, 0) is 4.74 Å². The molecule has 92 valence electrons. The van der Waals surface area contributed by atoms with E-state index in [0.29, 0.717) is 19.0 Å². The fraction of sp³-hybridized carbons (Fsp3) is 0.538. The van der Waals surface area contributed by atoms with Gasteiger partial charge in [0.15, 0.2) is 0 Å². The molecule has 1 aromatic heterocycles. The van der Waals surface area contributed by atoms with Crippen molar-refractivity contribution in [2.24, 2.45) is 0 Å². The lowest BCUT2D eigenvalue weighted by molar-refractivity contribution is 0.0505. The van der Waals surface area contributed by atoms with Gasteiger partial charge in [-0.3, -0.25) is 4.98 Å². The molecule has 2 rings (SSSR count). The summed E-state index contributed by atoms with van der Waals surface area (Å²) in [5, 5.41) is 0. The first-order valence-electron chi connectivity index (χ1n) is 5.94. The number of ether oxygens (including phenoxy) is 1. The third kappa shape index (κ3) is 2.75. The summed E-state index contributed by atoms with van der Waals surface area (Å²) < 4.78 is 5.12. The number of hydrogen-bond acceptors (Lipinski definition) is 3. The van der Waals surface area contributed by atoms with Gasteiger partial charge in [0.25, 0.3) is 0 Å². The smallest absolute Gasteiger partial charge is 0.410 e. The zero-order valence-corrected chi connectivity index (χ0v) is 10.5. The standard InChI is InChI=1S/C13H18N2O2/c1-9(2)17-13(16)15-7-11(8-15)12-5-4-10(3)6-14-12/h4-6,9,11H,7-8H2,1-3H3. The molecule has 0 atom stereocenters. The van der Waals surface area contributed by atoms with Crippen LogP contribution in [0, 0.1) is 6.92 Å². The molecule has 17 heavy (non-hydrogen) atoms. The van der Waals surface area contributed by atoms with Gasteiger partial charge >= 0.3 is 6.09 Å². The van der Waals surface area contributed by atoms with Crippen LogP contribution < -0.4 is 0 Å². The fourth-order valence-corrected chi connectivity index (χ4v) is 1.81. The molecule has 0 radical (unpaired) electrons. The van der Waals surface area contributed by atoms with E-state index in [4.69, 9.17) is 4.74 Å². The van der Waals surface area contributed by atoms with E-state index >= 15 is 0 Å². The number of carbonyl (C=O) groups excluding carboxylic acids is 1. The highest BCUT2D eigenvalue weighted by atomic mass is 16.6. The van der Waals surface area contributed by atoms with E-state index in [1.807, 2.05) is 33.0 Å². The average Bonchev–Trinajstić information content (AvgIpc) is 2.17. The molecule has 1 aromatic rings. The van der Waals surface area contributed by atoms with Crippen LogP contribution in [-0.4, -0.2) is 35.2 Å². The Hall–Kier alpha value is -1.58. The maximum absolute atomic E-state index is 11.6. The van der Waals surface area contributed by atoms with Crippen LogP contribution in [0.2, 0.25) is 0 Å². The molecule has 0 aliphatic carbocycles. The van der Waals surface area contributed by atoms with Crippen molar-refractivity contribution in [3.63, 3.8) is 0 Å².